The Morgan fingerprint density at radius 3 is 2.43 bits per heavy atom. The van der Waals surface area contributed by atoms with Gasteiger partial charge in [0.15, 0.2) is 0 Å². The zero-order valence-electron chi connectivity index (χ0n) is 13.0. The first-order chi connectivity index (χ1) is 10.9. The van der Waals surface area contributed by atoms with Gasteiger partial charge in [0.2, 0.25) is 15.9 Å². The standard InChI is InChI=1S/C15H22N2O5S/c1-2-3-9-13(15(19)20)17-14(18)10-11-16-23(21,22)12-7-5-4-6-8-12/h4-8,13,16H,2-3,9-11H2,1H3,(H,17,18)(H,19,20). The van der Waals surface area contributed by atoms with Gasteiger partial charge in [0.1, 0.15) is 6.04 Å². The zero-order chi connectivity index (χ0) is 17.3. The summed E-state index contributed by atoms with van der Waals surface area (Å²) >= 11 is 0. The summed E-state index contributed by atoms with van der Waals surface area (Å²) in [5.41, 5.74) is 0. The van der Waals surface area contributed by atoms with Gasteiger partial charge in [-0.05, 0) is 18.6 Å². The molecule has 1 aromatic carbocycles. The number of aliphatic carboxylic acids is 1. The molecule has 0 bridgehead atoms. The van der Waals surface area contributed by atoms with Crippen LogP contribution in [0, 0.1) is 0 Å². The molecular formula is C15H22N2O5S. The molecule has 23 heavy (non-hydrogen) atoms. The average molecular weight is 342 g/mol. The van der Waals surface area contributed by atoms with Gasteiger partial charge in [0, 0.05) is 13.0 Å². The van der Waals surface area contributed by atoms with Crippen molar-refractivity contribution in [3.05, 3.63) is 30.3 Å². The molecule has 8 heteroatoms. The van der Waals surface area contributed by atoms with E-state index < -0.39 is 27.9 Å². The van der Waals surface area contributed by atoms with Crippen LogP contribution >= 0.6 is 0 Å². The summed E-state index contributed by atoms with van der Waals surface area (Å²) in [5.74, 6) is -1.58. The number of hydrogen-bond acceptors (Lipinski definition) is 4. The number of rotatable bonds is 10. The minimum atomic E-state index is -3.66. The quantitative estimate of drug-likeness (QED) is 0.590. The number of carboxylic acid groups (broad SMARTS) is 1. The van der Waals surface area contributed by atoms with Crippen molar-refractivity contribution in [2.75, 3.05) is 6.54 Å². The topological polar surface area (TPSA) is 113 Å². The molecule has 0 spiro atoms. The van der Waals surface area contributed by atoms with E-state index in [0.717, 1.165) is 6.42 Å². The normalized spacial score (nSPS) is 12.6. The number of sulfonamides is 1. The SMILES string of the molecule is CCCCC(NC(=O)CCNS(=O)(=O)c1ccccc1)C(=O)O. The van der Waals surface area contributed by atoms with Crippen molar-refractivity contribution in [3.8, 4) is 0 Å². The highest BCUT2D eigenvalue weighted by molar-refractivity contribution is 7.89. The van der Waals surface area contributed by atoms with E-state index in [2.05, 4.69) is 10.0 Å². The lowest BCUT2D eigenvalue weighted by atomic mass is 10.1. The molecule has 0 aliphatic rings. The minimum absolute atomic E-state index is 0.0941. The summed E-state index contributed by atoms with van der Waals surface area (Å²) < 4.78 is 26.2. The molecule has 3 N–H and O–H groups in total. The van der Waals surface area contributed by atoms with Crippen LogP contribution in [0.5, 0.6) is 0 Å². The Hall–Kier alpha value is -1.93. The summed E-state index contributed by atoms with van der Waals surface area (Å²) in [7, 11) is -3.66. The lowest BCUT2D eigenvalue weighted by molar-refractivity contribution is -0.142. The third kappa shape index (κ3) is 6.79. The van der Waals surface area contributed by atoms with Crippen molar-refractivity contribution in [1.82, 2.24) is 10.0 Å². The van der Waals surface area contributed by atoms with Crippen LogP contribution in [0.1, 0.15) is 32.6 Å². The van der Waals surface area contributed by atoms with E-state index in [9.17, 15) is 18.0 Å². The summed E-state index contributed by atoms with van der Waals surface area (Å²) in [4.78, 5) is 22.9. The number of benzene rings is 1. The van der Waals surface area contributed by atoms with Crippen LogP contribution in [0.4, 0.5) is 0 Å². The first kappa shape index (κ1) is 19.1. The van der Waals surface area contributed by atoms with Crippen molar-refractivity contribution in [3.63, 3.8) is 0 Å². The Morgan fingerprint density at radius 1 is 1.22 bits per heavy atom. The fourth-order valence-corrected chi connectivity index (χ4v) is 2.97. The van der Waals surface area contributed by atoms with Crippen molar-refractivity contribution < 1.29 is 23.1 Å². The fourth-order valence-electron chi connectivity index (χ4n) is 1.91. The lowest BCUT2D eigenvalue weighted by Crippen LogP contribution is -2.41. The molecule has 1 atom stereocenters. The number of carbonyl (C=O) groups excluding carboxylic acids is 1. The minimum Gasteiger partial charge on any atom is -0.480 e. The molecule has 1 rings (SSSR count). The number of carbonyl (C=O) groups is 2. The molecule has 7 nitrogen and oxygen atoms in total. The predicted octanol–water partition coefficient (Wildman–Crippen LogP) is 1.11. The Morgan fingerprint density at radius 2 is 1.87 bits per heavy atom. The van der Waals surface area contributed by atoms with Crippen molar-refractivity contribution in [1.29, 1.82) is 0 Å². The van der Waals surface area contributed by atoms with Gasteiger partial charge in [0.05, 0.1) is 4.90 Å². The van der Waals surface area contributed by atoms with Crippen molar-refractivity contribution >= 4 is 21.9 Å². The third-order valence-corrected chi connectivity index (χ3v) is 4.65. The van der Waals surface area contributed by atoms with Crippen LogP contribution in [0.2, 0.25) is 0 Å². The Balaban J connectivity index is 2.45. The number of unbranched alkanes of at least 4 members (excludes halogenated alkanes) is 1. The van der Waals surface area contributed by atoms with E-state index in [4.69, 9.17) is 5.11 Å². The number of carboxylic acids is 1. The Bertz CT molecular complexity index is 616. The summed E-state index contributed by atoms with van der Waals surface area (Å²) in [6.45, 7) is 1.84. The fraction of sp³-hybridized carbons (Fsp3) is 0.467. The third-order valence-electron chi connectivity index (χ3n) is 3.18. The van der Waals surface area contributed by atoms with Crippen LogP contribution in [0.25, 0.3) is 0 Å². The van der Waals surface area contributed by atoms with E-state index in [1.807, 2.05) is 6.92 Å². The van der Waals surface area contributed by atoms with E-state index in [0.29, 0.717) is 12.8 Å². The number of amides is 1. The summed E-state index contributed by atoms with van der Waals surface area (Å²) in [6.07, 6.45) is 1.75. The largest absolute Gasteiger partial charge is 0.480 e. The maximum atomic E-state index is 11.9. The van der Waals surface area contributed by atoms with Gasteiger partial charge in [-0.3, -0.25) is 4.79 Å². The second-order valence-electron chi connectivity index (χ2n) is 5.06. The number of hydrogen-bond donors (Lipinski definition) is 3. The highest BCUT2D eigenvalue weighted by Crippen LogP contribution is 2.07. The van der Waals surface area contributed by atoms with Crippen LogP contribution < -0.4 is 10.0 Å². The second kappa shape index (κ2) is 9.26. The Kier molecular flexibility index (Phi) is 7.70. The Labute approximate surface area is 136 Å². The van der Waals surface area contributed by atoms with E-state index in [1.165, 1.54) is 12.1 Å². The zero-order valence-corrected chi connectivity index (χ0v) is 13.8. The lowest BCUT2D eigenvalue weighted by Gasteiger charge is -2.14. The average Bonchev–Trinajstić information content (AvgIpc) is 2.51. The van der Waals surface area contributed by atoms with E-state index >= 15 is 0 Å². The van der Waals surface area contributed by atoms with Gasteiger partial charge in [-0.15, -0.1) is 0 Å². The van der Waals surface area contributed by atoms with Crippen molar-refractivity contribution in [2.45, 2.75) is 43.5 Å². The molecule has 1 aromatic rings. The van der Waals surface area contributed by atoms with Gasteiger partial charge in [-0.2, -0.15) is 0 Å². The second-order valence-corrected chi connectivity index (χ2v) is 6.83. The predicted molar refractivity (Wildman–Crippen MR) is 85.3 cm³/mol. The highest BCUT2D eigenvalue weighted by Gasteiger charge is 2.19. The molecule has 0 fully saturated rings. The molecule has 0 saturated heterocycles. The maximum absolute atomic E-state index is 11.9. The number of nitrogens with one attached hydrogen (secondary N) is 2. The van der Waals surface area contributed by atoms with Gasteiger partial charge in [0.25, 0.3) is 0 Å². The summed E-state index contributed by atoms with van der Waals surface area (Å²) in [6, 6.07) is 6.88. The molecule has 1 unspecified atom stereocenters. The van der Waals surface area contributed by atoms with Crippen LogP contribution in [-0.4, -0.2) is 38.0 Å². The molecule has 0 radical (unpaired) electrons. The first-order valence-electron chi connectivity index (χ1n) is 7.43. The first-order valence-corrected chi connectivity index (χ1v) is 8.92. The van der Waals surface area contributed by atoms with Gasteiger partial charge in [-0.1, -0.05) is 38.0 Å². The maximum Gasteiger partial charge on any atom is 0.326 e. The smallest absolute Gasteiger partial charge is 0.326 e. The van der Waals surface area contributed by atoms with Crippen LogP contribution in [-0.2, 0) is 19.6 Å². The van der Waals surface area contributed by atoms with Crippen LogP contribution in [0.3, 0.4) is 0 Å². The van der Waals surface area contributed by atoms with Gasteiger partial charge < -0.3 is 10.4 Å². The molecule has 1 amide bonds. The highest BCUT2D eigenvalue weighted by atomic mass is 32.2. The molecule has 0 heterocycles. The van der Waals surface area contributed by atoms with Crippen molar-refractivity contribution in [2.24, 2.45) is 0 Å². The van der Waals surface area contributed by atoms with Crippen LogP contribution in [0.15, 0.2) is 35.2 Å². The molecule has 0 aromatic heterocycles. The van der Waals surface area contributed by atoms with E-state index in [-0.39, 0.29) is 17.9 Å². The molecule has 0 aliphatic carbocycles. The van der Waals surface area contributed by atoms with E-state index in [1.54, 1.807) is 18.2 Å². The monoisotopic (exact) mass is 342 g/mol. The summed E-state index contributed by atoms with van der Waals surface area (Å²) in [5, 5.41) is 11.4. The molecule has 0 saturated carbocycles. The molecule has 0 aliphatic heterocycles. The molecule has 128 valence electrons. The van der Waals surface area contributed by atoms with Gasteiger partial charge >= 0.3 is 5.97 Å². The van der Waals surface area contributed by atoms with Gasteiger partial charge in [-0.25, -0.2) is 17.9 Å². The molecular weight excluding hydrogens is 320 g/mol.